The molecule has 41 heavy (non-hydrogen) atoms. The Kier molecular flexibility index (Phi) is 23.7. The molecular weight excluding hydrogens is 516 g/mol. The van der Waals surface area contributed by atoms with E-state index in [1.807, 2.05) is 39.0 Å². The summed E-state index contributed by atoms with van der Waals surface area (Å²) in [4.78, 5) is 36.6. The predicted molar refractivity (Wildman–Crippen MR) is 169 cm³/mol. The molecule has 0 aliphatic heterocycles. The van der Waals surface area contributed by atoms with Crippen LogP contribution in [0.5, 0.6) is 0 Å². The Morgan fingerprint density at radius 1 is 0.976 bits per heavy atom. The monoisotopic (exact) mass is 574 g/mol. The normalized spacial score (nSPS) is 12.8. The number of Topliss-reactive ketones (excluding diaryl/α,β-unsaturated/α-hetero) is 1. The highest BCUT2D eigenvalue weighted by molar-refractivity contribution is 5.96. The molecule has 0 saturated heterocycles. The number of hydrogen-bond acceptors (Lipinski definition) is 5. The second-order valence-corrected chi connectivity index (χ2v) is 11.4. The van der Waals surface area contributed by atoms with Crippen molar-refractivity contribution in [2.75, 3.05) is 33.5 Å². The Labute approximate surface area is 250 Å². The smallest absolute Gasteiger partial charge is 0.242 e. The van der Waals surface area contributed by atoms with Crippen molar-refractivity contribution >= 4 is 17.6 Å². The molecule has 0 spiro atoms. The predicted octanol–water partition coefficient (Wildman–Crippen LogP) is 6.58. The Bertz CT molecular complexity index is 837. The van der Waals surface area contributed by atoms with Gasteiger partial charge in [-0.1, -0.05) is 83.0 Å². The third-order valence-corrected chi connectivity index (χ3v) is 6.34. The van der Waals surface area contributed by atoms with Crippen molar-refractivity contribution in [2.24, 2.45) is 11.8 Å². The summed E-state index contributed by atoms with van der Waals surface area (Å²) >= 11 is 0. The first-order valence-electron chi connectivity index (χ1n) is 15.5. The number of amides is 2. The maximum Gasteiger partial charge on any atom is 0.242 e. The fraction of sp³-hybridized carbons (Fsp3) is 0.676. The van der Waals surface area contributed by atoms with Crippen molar-refractivity contribution in [1.29, 1.82) is 0 Å². The first-order valence-corrected chi connectivity index (χ1v) is 15.5. The number of hydrogen-bond donors (Lipinski definition) is 2. The fourth-order valence-electron chi connectivity index (χ4n) is 3.55. The van der Waals surface area contributed by atoms with Gasteiger partial charge in [0.25, 0.3) is 0 Å². The number of unbranched alkanes of at least 4 members (excludes halogenated alkanes) is 2. The van der Waals surface area contributed by atoms with E-state index in [1.165, 1.54) is 18.4 Å². The first-order chi connectivity index (χ1) is 19.6. The standard InChI is InChI=1S/C23H42N2O5.C7H8.C4H8/c1-6-11-21(26)19(4)17-24-23(28)20(16-18(2)3)25-22(27)12-10-15-30-14-9-7-8-13-29-5;1-7-5-3-2-4-6-7;1-4-2-3-4/h18,20H,4,6-17H2,1-3,5H3,(H,24,28)(H,25,27);2-6H,1H3;4H,2-3H2,1H3. The molecule has 7 heteroatoms. The van der Waals surface area contributed by atoms with Gasteiger partial charge in [-0.15, -0.1) is 0 Å². The Morgan fingerprint density at radius 3 is 2.10 bits per heavy atom. The summed E-state index contributed by atoms with van der Waals surface area (Å²) in [6.45, 7) is 16.1. The lowest BCUT2D eigenvalue weighted by Crippen LogP contribution is -2.48. The van der Waals surface area contributed by atoms with Crippen LogP contribution in [0.4, 0.5) is 0 Å². The molecule has 234 valence electrons. The minimum atomic E-state index is -0.617. The van der Waals surface area contributed by atoms with Gasteiger partial charge >= 0.3 is 0 Å². The molecule has 2 rings (SSSR count). The lowest BCUT2D eigenvalue weighted by molar-refractivity contribution is -0.129. The van der Waals surface area contributed by atoms with Gasteiger partial charge in [-0.05, 0) is 57.3 Å². The van der Waals surface area contributed by atoms with Crippen LogP contribution < -0.4 is 10.6 Å². The maximum absolute atomic E-state index is 12.5. The molecule has 1 aromatic carbocycles. The molecule has 1 aromatic rings. The molecule has 0 heterocycles. The molecule has 1 unspecified atom stereocenters. The van der Waals surface area contributed by atoms with Crippen LogP contribution in [0, 0.1) is 18.8 Å². The topological polar surface area (TPSA) is 93.7 Å². The quantitative estimate of drug-likeness (QED) is 0.144. The molecule has 1 aliphatic carbocycles. The van der Waals surface area contributed by atoms with Crippen LogP contribution in [-0.4, -0.2) is 57.1 Å². The molecule has 1 fully saturated rings. The highest BCUT2D eigenvalue weighted by atomic mass is 16.5. The van der Waals surface area contributed by atoms with E-state index in [0.29, 0.717) is 44.5 Å². The minimum Gasteiger partial charge on any atom is -0.385 e. The van der Waals surface area contributed by atoms with Crippen molar-refractivity contribution in [3.63, 3.8) is 0 Å². The van der Waals surface area contributed by atoms with E-state index >= 15 is 0 Å². The summed E-state index contributed by atoms with van der Waals surface area (Å²) in [5.41, 5.74) is 1.71. The van der Waals surface area contributed by atoms with Crippen molar-refractivity contribution in [3.05, 3.63) is 48.0 Å². The van der Waals surface area contributed by atoms with Crippen LogP contribution in [0.15, 0.2) is 42.5 Å². The number of nitrogens with one attached hydrogen (secondary N) is 2. The summed E-state index contributed by atoms with van der Waals surface area (Å²) < 4.78 is 10.5. The number of benzene rings is 1. The molecular formula is C34H58N2O5. The number of methoxy groups -OCH3 is 1. The molecule has 0 radical (unpaired) electrons. The number of carbonyl (C=O) groups excluding carboxylic acids is 3. The lowest BCUT2D eigenvalue weighted by Gasteiger charge is -2.20. The third-order valence-electron chi connectivity index (χ3n) is 6.34. The van der Waals surface area contributed by atoms with Gasteiger partial charge in [-0.3, -0.25) is 14.4 Å². The maximum atomic E-state index is 12.5. The lowest BCUT2D eigenvalue weighted by atomic mass is 10.0. The molecule has 2 amide bonds. The second kappa shape index (κ2) is 25.2. The van der Waals surface area contributed by atoms with Gasteiger partial charge in [0.05, 0.1) is 0 Å². The zero-order valence-corrected chi connectivity index (χ0v) is 26.8. The molecule has 0 aromatic heterocycles. The van der Waals surface area contributed by atoms with Crippen LogP contribution in [0.3, 0.4) is 0 Å². The van der Waals surface area contributed by atoms with Crippen molar-refractivity contribution in [2.45, 2.75) is 105 Å². The van der Waals surface area contributed by atoms with E-state index in [2.05, 4.69) is 43.2 Å². The average Bonchev–Trinajstić information content (AvgIpc) is 3.73. The molecule has 7 nitrogen and oxygen atoms in total. The molecule has 1 atom stereocenters. The molecule has 0 bridgehead atoms. The second-order valence-electron chi connectivity index (χ2n) is 11.4. The summed E-state index contributed by atoms with van der Waals surface area (Å²) in [5, 5.41) is 5.55. The van der Waals surface area contributed by atoms with Gasteiger partial charge in [-0.2, -0.15) is 0 Å². The van der Waals surface area contributed by atoms with E-state index in [1.54, 1.807) is 7.11 Å². The van der Waals surface area contributed by atoms with E-state index in [0.717, 1.165) is 38.2 Å². The first kappa shape index (κ1) is 38.5. The highest BCUT2D eigenvalue weighted by Gasteiger charge is 2.22. The van der Waals surface area contributed by atoms with Gasteiger partial charge in [0.2, 0.25) is 11.8 Å². The van der Waals surface area contributed by atoms with Gasteiger partial charge in [-0.25, -0.2) is 0 Å². The van der Waals surface area contributed by atoms with E-state index in [-0.39, 0.29) is 30.1 Å². The van der Waals surface area contributed by atoms with Crippen LogP contribution in [0.25, 0.3) is 0 Å². The van der Waals surface area contributed by atoms with E-state index < -0.39 is 6.04 Å². The molecule has 2 N–H and O–H groups in total. The van der Waals surface area contributed by atoms with Crippen LogP contribution in [0.2, 0.25) is 0 Å². The van der Waals surface area contributed by atoms with Gasteiger partial charge in [0, 0.05) is 51.9 Å². The van der Waals surface area contributed by atoms with Crippen LogP contribution >= 0.6 is 0 Å². The Hall–Kier alpha value is -2.51. The summed E-state index contributed by atoms with van der Waals surface area (Å²) in [6.07, 6.45) is 8.68. The Morgan fingerprint density at radius 2 is 1.59 bits per heavy atom. The molecule has 1 aliphatic rings. The van der Waals surface area contributed by atoms with E-state index in [4.69, 9.17) is 9.47 Å². The molecule has 1 saturated carbocycles. The van der Waals surface area contributed by atoms with E-state index in [9.17, 15) is 14.4 Å². The number of ketones is 1. The minimum absolute atomic E-state index is 0.0408. The fourth-order valence-corrected chi connectivity index (χ4v) is 3.55. The number of aryl methyl sites for hydroxylation is 1. The number of carbonyl (C=O) groups is 3. The van der Waals surface area contributed by atoms with Gasteiger partial charge < -0.3 is 20.1 Å². The number of ether oxygens (including phenoxy) is 2. The largest absolute Gasteiger partial charge is 0.385 e. The number of rotatable bonds is 19. The van der Waals surface area contributed by atoms with Gasteiger partial charge in [0.1, 0.15) is 6.04 Å². The van der Waals surface area contributed by atoms with Crippen LogP contribution in [0.1, 0.15) is 97.5 Å². The zero-order chi connectivity index (χ0) is 30.9. The summed E-state index contributed by atoms with van der Waals surface area (Å²) in [6, 6.07) is 9.64. The summed E-state index contributed by atoms with van der Waals surface area (Å²) in [7, 11) is 1.70. The third kappa shape index (κ3) is 25.0. The SMILES string of the molecule is C=C(CNC(=O)C(CC(C)C)NC(=O)CCCOCCCCCOC)C(=O)CCC.CC1CC1.Cc1ccccc1. The Balaban J connectivity index is 0.00000118. The summed E-state index contributed by atoms with van der Waals surface area (Å²) in [5.74, 6) is 0.837. The van der Waals surface area contributed by atoms with Crippen LogP contribution in [-0.2, 0) is 23.9 Å². The van der Waals surface area contributed by atoms with Gasteiger partial charge in [0.15, 0.2) is 5.78 Å². The zero-order valence-electron chi connectivity index (χ0n) is 26.8. The van der Waals surface area contributed by atoms with Crippen molar-refractivity contribution in [1.82, 2.24) is 10.6 Å². The highest BCUT2D eigenvalue weighted by Crippen LogP contribution is 2.26. The van der Waals surface area contributed by atoms with Crippen molar-refractivity contribution in [3.8, 4) is 0 Å². The van der Waals surface area contributed by atoms with Crippen molar-refractivity contribution < 1.29 is 23.9 Å². The average molecular weight is 575 g/mol.